The third-order valence-corrected chi connectivity index (χ3v) is 3.05. The van der Waals surface area contributed by atoms with Gasteiger partial charge in [0, 0.05) is 13.1 Å². The maximum absolute atomic E-state index is 5.44. The fraction of sp³-hybridized carbons (Fsp3) is 0.800. The van der Waals surface area contributed by atoms with Crippen LogP contribution in [0.5, 0.6) is 0 Å². The highest BCUT2D eigenvalue weighted by molar-refractivity contribution is 5.28. The minimum Gasteiger partial charge on any atom is -0.390 e. The molecule has 1 aromatic rings. The molecule has 0 spiro atoms. The molecule has 0 bridgehead atoms. The van der Waals surface area contributed by atoms with Crippen molar-refractivity contribution in [3.8, 4) is 0 Å². The summed E-state index contributed by atoms with van der Waals surface area (Å²) in [6.07, 6.45) is 5.35. The summed E-state index contributed by atoms with van der Waals surface area (Å²) < 4.78 is 5.28. The van der Waals surface area contributed by atoms with E-state index >= 15 is 0 Å². The first-order chi connectivity index (χ1) is 7.31. The van der Waals surface area contributed by atoms with Crippen LogP contribution >= 0.6 is 0 Å². The van der Waals surface area contributed by atoms with Gasteiger partial charge in [0.1, 0.15) is 0 Å². The van der Waals surface area contributed by atoms with Gasteiger partial charge in [-0.1, -0.05) is 10.2 Å². The second-order valence-corrected chi connectivity index (χ2v) is 4.71. The number of anilines is 2. The van der Waals surface area contributed by atoms with Crippen molar-refractivity contribution >= 4 is 12.0 Å². The number of hydrogen-bond acceptors (Lipinski definition) is 5. The molecule has 2 fully saturated rings. The second kappa shape index (κ2) is 3.40. The van der Waals surface area contributed by atoms with Crippen molar-refractivity contribution < 1.29 is 4.42 Å². The van der Waals surface area contributed by atoms with Gasteiger partial charge in [0.05, 0.1) is 0 Å². The smallest absolute Gasteiger partial charge is 0.319 e. The van der Waals surface area contributed by atoms with Crippen LogP contribution in [0.4, 0.5) is 12.0 Å². The maximum Gasteiger partial charge on any atom is 0.319 e. The van der Waals surface area contributed by atoms with Crippen LogP contribution in [-0.2, 0) is 0 Å². The molecule has 5 heteroatoms. The van der Waals surface area contributed by atoms with Crippen LogP contribution in [0.25, 0.3) is 0 Å². The van der Waals surface area contributed by atoms with Crippen LogP contribution in [0.15, 0.2) is 4.42 Å². The summed E-state index contributed by atoms with van der Waals surface area (Å²) in [5, 5.41) is 7.67. The molecular formula is C10H16N4O. The van der Waals surface area contributed by atoms with E-state index in [1.54, 1.807) is 0 Å². The van der Waals surface area contributed by atoms with E-state index < -0.39 is 0 Å². The lowest BCUT2D eigenvalue weighted by Gasteiger charge is -2.19. The second-order valence-electron chi connectivity index (χ2n) is 4.71. The quantitative estimate of drug-likeness (QED) is 0.789. The Morgan fingerprint density at radius 2 is 1.73 bits per heavy atom. The minimum atomic E-state index is 0.168. The van der Waals surface area contributed by atoms with Gasteiger partial charge >= 0.3 is 12.0 Å². The van der Waals surface area contributed by atoms with Crippen molar-refractivity contribution in [3.05, 3.63) is 0 Å². The first kappa shape index (κ1) is 9.00. The lowest BCUT2D eigenvalue weighted by molar-refractivity contribution is 0.529. The van der Waals surface area contributed by atoms with Crippen LogP contribution < -0.4 is 10.6 Å². The molecule has 0 aromatic carbocycles. The highest BCUT2D eigenvalue weighted by Gasteiger charge is 2.31. The zero-order valence-corrected chi connectivity index (χ0v) is 8.72. The highest BCUT2D eigenvalue weighted by Crippen LogP contribution is 2.35. The fourth-order valence-electron chi connectivity index (χ4n) is 1.81. The fourth-order valence-corrected chi connectivity index (χ4v) is 1.81. The zero-order chi connectivity index (χ0) is 10.3. The topological polar surface area (TPSA) is 68.2 Å². The van der Waals surface area contributed by atoms with Crippen molar-refractivity contribution in [2.24, 2.45) is 11.8 Å². The molecule has 2 aliphatic rings. The summed E-state index contributed by atoms with van der Waals surface area (Å²) in [6.45, 7) is 2.11. The summed E-state index contributed by atoms with van der Waals surface area (Å²) in [7, 11) is 0. The maximum atomic E-state index is 5.44. The summed E-state index contributed by atoms with van der Waals surface area (Å²) in [6, 6.07) is 0.771. The molecule has 2 N–H and O–H groups in total. The van der Waals surface area contributed by atoms with Gasteiger partial charge in [-0.2, -0.15) is 0 Å². The Morgan fingerprint density at radius 1 is 1.13 bits per heavy atom. The van der Waals surface area contributed by atoms with Gasteiger partial charge in [-0.25, -0.2) is 0 Å². The van der Waals surface area contributed by atoms with Crippen molar-refractivity contribution in [2.45, 2.75) is 25.7 Å². The molecule has 15 heavy (non-hydrogen) atoms. The monoisotopic (exact) mass is 208 g/mol. The van der Waals surface area contributed by atoms with E-state index in [2.05, 4.69) is 15.1 Å². The Hall–Kier alpha value is -1.26. The molecule has 0 saturated heterocycles. The molecular weight excluding hydrogens is 192 g/mol. The summed E-state index contributed by atoms with van der Waals surface area (Å²) in [5.74, 6) is 1.66. The molecule has 0 atom stereocenters. The molecule has 5 nitrogen and oxygen atoms in total. The first-order valence-electron chi connectivity index (χ1n) is 5.65. The molecule has 1 heterocycles. The Morgan fingerprint density at radius 3 is 2.13 bits per heavy atom. The lowest BCUT2D eigenvalue weighted by atomic mass is 10.3. The van der Waals surface area contributed by atoms with E-state index in [4.69, 9.17) is 10.2 Å². The number of nitrogens with two attached hydrogens (primary N) is 1. The average Bonchev–Trinajstić information content (AvgIpc) is 3.11. The van der Waals surface area contributed by atoms with Gasteiger partial charge in [0.15, 0.2) is 0 Å². The molecule has 0 unspecified atom stereocenters. The molecule has 1 aromatic heterocycles. The summed E-state index contributed by atoms with van der Waals surface area (Å²) in [4.78, 5) is 2.21. The predicted octanol–water partition coefficient (Wildman–Crippen LogP) is 1.28. The van der Waals surface area contributed by atoms with Gasteiger partial charge in [0.2, 0.25) is 0 Å². The molecule has 82 valence electrons. The van der Waals surface area contributed by atoms with Crippen molar-refractivity contribution in [1.82, 2.24) is 10.2 Å². The highest BCUT2D eigenvalue weighted by atomic mass is 16.4. The molecule has 0 amide bonds. The number of aromatic nitrogens is 2. The molecule has 0 radical (unpaired) electrons. The van der Waals surface area contributed by atoms with Gasteiger partial charge in [-0.3, -0.25) is 0 Å². The third kappa shape index (κ3) is 2.22. The van der Waals surface area contributed by atoms with Crippen LogP contribution in [0, 0.1) is 11.8 Å². The van der Waals surface area contributed by atoms with Gasteiger partial charge in [-0.15, -0.1) is 0 Å². The molecule has 2 saturated carbocycles. The summed E-state index contributed by atoms with van der Waals surface area (Å²) >= 11 is 0. The van der Waals surface area contributed by atoms with Crippen LogP contribution in [0.1, 0.15) is 25.7 Å². The van der Waals surface area contributed by atoms with Gasteiger partial charge in [0.25, 0.3) is 0 Å². The Labute approximate surface area is 88.6 Å². The van der Waals surface area contributed by atoms with Gasteiger partial charge < -0.3 is 15.1 Å². The number of nitrogen functional groups attached to an aromatic ring is 1. The third-order valence-electron chi connectivity index (χ3n) is 3.05. The van der Waals surface area contributed by atoms with E-state index in [-0.39, 0.29) is 6.01 Å². The number of nitrogens with zero attached hydrogens (tertiary/aromatic N) is 3. The lowest BCUT2D eigenvalue weighted by Crippen LogP contribution is -2.28. The van der Waals surface area contributed by atoms with Crippen molar-refractivity contribution in [3.63, 3.8) is 0 Å². The number of hydrogen-bond donors (Lipinski definition) is 1. The first-order valence-corrected chi connectivity index (χ1v) is 5.65. The van der Waals surface area contributed by atoms with Crippen LogP contribution in [0.2, 0.25) is 0 Å². The SMILES string of the molecule is Nc1nnc(N(CC2CC2)CC2CC2)o1. The van der Waals surface area contributed by atoms with Crippen LogP contribution in [0.3, 0.4) is 0 Å². The molecule has 2 aliphatic carbocycles. The van der Waals surface area contributed by atoms with Gasteiger partial charge in [-0.05, 0) is 37.5 Å². The van der Waals surface area contributed by atoms with E-state index in [0.29, 0.717) is 6.01 Å². The molecule has 3 rings (SSSR count). The Balaban J connectivity index is 1.68. The normalized spacial score (nSPS) is 20.5. The van der Waals surface area contributed by atoms with E-state index in [0.717, 1.165) is 24.9 Å². The zero-order valence-electron chi connectivity index (χ0n) is 8.72. The van der Waals surface area contributed by atoms with Crippen molar-refractivity contribution in [2.75, 3.05) is 23.7 Å². The summed E-state index contributed by atoms with van der Waals surface area (Å²) in [5.41, 5.74) is 5.44. The largest absolute Gasteiger partial charge is 0.390 e. The van der Waals surface area contributed by atoms with Crippen molar-refractivity contribution in [1.29, 1.82) is 0 Å². The average molecular weight is 208 g/mol. The predicted molar refractivity (Wildman–Crippen MR) is 56.4 cm³/mol. The van der Waals surface area contributed by atoms with Crippen LogP contribution in [-0.4, -0.2) is 23.3 Å². The van der Waals surface area contributed by atoms with E-state index in [1.165, 1.54) is 25.7 Å². The molecule has 0 aliphatic heterocycles. The van der Waals surface area contributed by atoms with E-state index in [9.17, 15) is 0 Å². The standard InChI is InChI=1S/C10H16N4O/c11-9-12-13-10(15-9)14(5-7-1-2-7)6-8-3-4-8/h7-8H,1-6H2,(H2,11,12). The number of rotatable bonds is 5. The minimum absolute atomic E-state index is 0.168. The Bertz CT molecular complexity index is 329. The Kier molecular flexibility index (Phi) is 2.04. The van der Waals surface area contributed by atoms with E-state index in [1.807, 2.05) is 0 Å².